The van der Waals surface area contributed by atoms with E-state index in [0.717, 1.165) is 19.3 Å². The van der Waals surface area contributed by atoms with E-state index in [1.807, 2.05) is 0 Å². The van der Waals surface area contributed by atoms with Gasteiger partial charge in [-0.2, -0.15) is 0 Å². The van der Waals surface area contributed by atoms with Gasteiger partial charge in [-0.3, -0.25) is 4.79 Å². The third-order valence-corrected chi connectivity index (χ3v) is 4.85. The molecule has 0 aliphatic carbocycles. The van der Waals surface area contributed by atoms with Crippen molar-refractivity contribution in [3.05, 3.63) is 20.8 Å². The summed E-state index contributed by atoms with van der Waals surface area (Å²) < 4.78 is 0. The summed E-state index contributed by atoms with van der Waals surface area (Å²) in [5.41, 5.74) is -0.236. The maximum atomic E-state index is 10.4. The lowest BCUT2D eigenvalue weighted by atomic mass is 9.89. The van der Waals surface area contributed by atoms with Gasteiger partial charge in [0.2, 0.25) is 0 Å². The van der Waals surface area contributed by atoms with Crippen molar-refractivity contribution in [2.45, 2.75) is 116 Å². The van der Waals surface area contributed by atoms with Crippen LogP contribution in [0.2, 0.25) is 0 Å². The van der Waals surface area contributed by atoms with Crippen molar-refractivity contribution in [3.63, 3.8) is 0 Å². The molecular weight excluding hydrogens is 308 g/mol. The normalized spacial score (nSPS) is 11.8. The number of aliphatic carboxylic acids is 1. The van der Waals surface area contributed by atoms with Crippen LogP contribution in [-0.2, 0) is 4.79 Å². The van der Waals surface area contributed by atoms with E-state index in [-0.39, 0.29) is 5.41 Å². The molecule has 0 unspecified atom stereocenters. The average molecular weight is 352 g/mol. The van der Waals surface area contributed by atoms with Gasteiger partial charge < -0.3 is 5.11 Å². The van der Waals surface area contributed by atoms with Crippen molar-refractivity contribution >= 4 is 5.97 Å². The zero-order chi connectivity index (χ0) is 18.8. The summed E-state index contributed by atoms with van der Waals surface area (Å²) in [6, 6.07) is 0. The first kappa shape index (κ1) is 24.5. The van der Waals surface area contributed by atoms with Crippen LogP contribution >= 0.6 is 0 Å². The third kappa shape index (κ3) is 23.5. The first-order chi connectivity index (χ1) is 11.9. The highest BCUT2D eigenvalue weighted by molar-refractivity contribution is 5.66. The Labute approximate surface area is 158 Å². The van der Waals surface area contributed by atoms with Crippen molar-refractivity contribution < 1.29 is 9.90 Å². The van der Waals surface area contributed by atoms with E-state index >= 15 is 0 Å². The standard InChI is InChI=1S/C23H43O2/c1-23(2,3)21-19-17-15-13-11-9-7-5-4-6-8-10-12-14-16-18-20-22(24)25/h1-21H2,(H,24,25). The number of rotatable bonds is 19. The first-order valence-corrected chi connectivity index (χ1v) is 10.7. The second kappa shape index (κ2) is 16.9. The number of carbonyl (C=O) groups is 1. The molecule has 0 spiro atoms. The van der Waals surface area contributed by atoms with Crippen LogP contribution in [-0.4, -0.2) is 11.1 Å². The van der Waals surface area contributed by atoms with Crippen molar-refractivity contribution in [1.82, 2.24) is 0 Å². The minimum atomic E-state index is -0.659. The van der Waals surface area contributed by atoms with Crippen LogP contribution in [0.5, 0.6) is 0 Å². The highest BCUT2D eigenvalue weighted by Crippen LogP contribution is 2.21. The predicted molar refractivity (Wildman–Crippen MR) is 109 cm³/mol. The quantitative estimate of drug-likeness (QED) is 0.243. The Morgan fingerprint density at radius 1 is 0.560 bits per heavy atom. The molecule has 1 N–H and O–H groups in total. The van der Waals surface area contributed by atoms with E-state index in [9.17, 15) is 4.79 Å². The number of unbranched alkanes of at least 4 members (excludes halogenated alkanes) is 15. The van der Waals surface area contributed by atoms with Gasteiger partial charge in [0.25, 0.3) is 0 Å². The summed E-state index contributed by atoms with van der Waals surface area (Å²) in [5.74, 6) is -0.659. The molecule has 0 aliphatic rings. The summed E-state index contributed by atoms with van der Waals surface area (Å²) in [5, 5.41) is 8.56. The van der Waals surface area contributed by atoms with E-state index < -0.39 is 5.97 Å². The van der Waals surface area contributed by atoms with Gasteiger partial charge in [-0.15, -0.1) is 0 Å². The molecule has 0 bridgehead atoms. The van der Waals surface area contributed by atoms with Gasteiger partial charge >= 0.3 is 5.97 Å². The number of hydrogen-bond acceptors (Lipinski definition) is 1. The Bertz CT molecular complexity index is 291. The molecular formula is C23H43O2. The molecule has 3 radical (unpaired) electrons. The molecule has 0 aromatic rings. The van der Waals surface area contributed by atoms with Crippen LogP contribution < -0.4 is 0 Å². The van der Waals surface area contributed by atoms with Gasteiger partial charge in [0.15, 0.2) is 0 Å². The van der Waals surface area contributed by atoms with Crippen LogP contribution in [0, 0.1) is 26.2 Å². The summed E-state index contributed by atoms with van der Waals surface area (Å²) in [7, 11) is 0. The highest BCUT2D eigenvalue weighted by Gasteiger charge is 2.09. The molecule has 0 rings (SSSR count). The molecule has 0 atom stereocenters. The maximum Gasteiger partial charge on any atom is 0.303 e. The zero-order valence-electron chi connectivity index (χ0n) is 16.7. The smallest absolute Gasteiger partial charge is 0.303 e. The lowest BCUT2D eigenvalue weighted by Crippen LogP contribution is -2.05. The Hall–Kier alpha value is -0.530. The van der Waals surface area contributed by atoms with Crippen LogP contribution in [0.4, 0.5) is 0 Å². The molecule has 0 aliphatic heterocycles. The Kier molecular flexibility index (Phi) is 16.6. The highest BCUT2D eigenvalue weighted by atomic mass is 16.4. The molecule has 25 heavy (non-hydrogen) atoms. The molecule has 0 heterocycles. The first-order valence-electron chi connectivity index (χ1n) is 10.7. The van der Waals surface area contributed by atoms with E-state index in [4.69, 9.17) is 5.11 Å². The molecule has 147 valence electrons. The molecule has 0 fully saturated rings. The Balaban J connectivity index is 3.04. The number of carboxylic acids is 1. The van der Waals surface area contributed by atoms with Gasteiger partial charge in [-0.1, -0.05) is 96.3 Å². The van der Waals surface area contributed by atoms with E-state index in [0.29, 0.717) is 6.42 Å². The monoisotopic (exact) mass is 351 g/mol. The van der Waals surface area contributed by atoms with E-state index in [1.165, 1.54) is 89.9 Å². The topological polar surface area (TPSA) is 37.3 Å². The van der Waals surface area contributed by atoms with E-state index in [2.05, 4.69) is 20.8 Å². The Morgan fingerprint density at radius 2 is 0.840 bits per heavy atom. The van der Waals surface area contributed by atoms with Gasteiger partial charge in [0.05, 0.1) is 0 Å². The molecule has 0 saturated carbocycles. The molecule has 2 heteroatoms. The summed E-state index contributed by atoms with van der Waals surface area (Å²) in [6.07, 6.45) is 22.0. The van der Waals surface area contributed by atoms with Crippen LogP contribution in [0.1, 0.15) is 116 Å². The third-order valence-electron chi connectivity index (χ3n) is 4.85. The fourth-order valence-corrected chi connectivity index (χ4v) is 3.25. The minimum Gasteiger partial charge on any atom is -0.481 e. The van der Waals surface area contributed by atoms with Gasteiger partial charge in [-0.05, 0) is 39.0 Å². The summed E-state index contributed by atoms with van der Waals surface area (Å²) in [6.45, 7) is 11.8. The molecule has 0 aromatic heterocycles. The Morgan fingerprint density at radius 3 is 1.12 bits per heavy atom. The average Bonchev–Trinajstić information content (AvgIpc) is 2.52. The van der Waals surface area contributed by atoms with Crippen LogP contribution in [0.25, 0.3) is 0 Å². The molecule has 0 amide bonds. The predicted octanol–water partition coefficient (Wildman–Crippen LogP) is 7.58. The van der Waals surface area contributed by atoms with Crippen molar-refractivity contribution in [2.24, 2.45) is 5.41 Å². The zero-order valence-corrected chi connectivity index (χ0v) is 16.7. The fourth-order valence-electron chi connectivity index (χ4n) is 3.25. The van der Waals surface area contributed by atoms with Crippen molar-refractivity contribution in [2.75, 3.05) is 0 Å². The second-order valence-electron chi connectivity index (χ2n) is 8.05. The van der Waals surface area contributed by atoms with E-state index in [1.54, 1.807) is 0 Å². The number of carboxylic acid groups (broad SMARTS) is 1. The molecule has 0 saturated heterocycles. The van der Waals surface area contributed by atoms with Gasteiger partial charge in [0, 0.05) is 6.42 Å². The van der Waals surface area contributed by atoms with Gasteiger partial charge in [-0.25, -0.2) is 0 Å². The molecule has 2 nitrogen and oxygen atoms in total. The molecule has 0 aromatic carbocycles. The van der Waals surface area contributed by atoms with Crippen LogP contribution in [0.3, 0.4) is 0 Å². The van der Waals surface area contributed by atoms with Crippen LogP contribution in [0.15, 0.2) is 0 Å². The summed E-state index contributed by atoms with van der Waals surface area (Å²) >= 11 is 0. The minimum absolute atomic E-state index is 0.236. The fraction of sp³-hybridized carbons (Fsp3) is 0.826. The number of hydrogen-bond donors (Lipinski definition) is 1. The van der Waals surface area contributed by atoms with Gasteiger partial charge in [0.1, 0.15) is 0 Å². The lowest BCUT2D eigenvalue weighted by Gasteiger charge is -2.16. The second-order valence-corrected chi connectivity index (χ2v) is 8.05. The lowest BCUT2D eigenvalue weighted by molar-refractivity contribution is -0.137. The largest absolute Gasteiger partial charge is 0.481 e. The SMILES string of the molecule is [CH2]C([CH2])([CH2])CCCCCCCCCCCCCCCCCCC(=O)O. The summed E-state index contributed by atoms with van der Waals surface area (Å²) in [4.78, 5) is 10.4. The van der Waals surface area contributed by atoms with Crippen molar-refractivity contribution in [1.29, 1.82) is 0 Å². The van der Waals surface area contributed by atoms with Crippen molar-refractivity contribution in [3.8, 4) is 0 Å². The maximum absolute atomic E-state index is 10.4.